The van der Waals surface area contributed by atoms with Gasteiger partial charge >= 0.3 is 12.1 Å². The van der Waals surface area contributed by atoms with Crippen molar-refractivity contribution in [2.24, 2.45) is 11.8 Å². The molecule has 2 N–H and O–H groups in total. The molecule has 12 nitrogen and oxygen atoms in total. The van der Waals surface area contributed by atoms with E-state index in [1.807, 2.05) is 37.9 Å². The van der Waals surface area contributed by atoms with Crippen molar-refractivity contribution in [3.8, 4) is 0 Å². The smallest absolute Gasteiger partial charge is 0.410 e. The first kappa shape index (κ1) is 37.8. The number of aliphatic hydroxyl groups excluding tert-OH is 2. The largest absolute Gasteiger partial charge is 0.457 e. The van der Waals surface area contributed by atoms with Crippen LogP contribution in [0.15, 0.2) is 35.9 Å². The van der Waals surface area contributed by atoms with Crippen molar-refractivity contribution in [3.05, 3.63) is 47.3 Å². The molecule has 0 bridgehead atoms. The van der Waals surface area contributed by atoms with Gasteiger partial charge in [-0.2, -0.15) is 4.31 Å². The number of piperazine rings is 2. The molecule has 0 aliphatic carbocycles. The molecule has 3 aliphatic rings. The fourth-order valence-electron chi connectivity index (χ4n) is 6.31. The minimum atomic E-state index is -3.55. The Bertz CT molecular complexity index is 1420. The third-order valence-corrected chi connectivity index (χ3v) is 11.2. The Kier molecular flexibility index (Phi) is 13.4. The first-order chi connectivity index (χ1) is 22.7. The molecule has 2 saturated heterocycles. The van der Waals surface area contributed by atoms with Crippen LogP contribution in [0.3, 0.4) is 0 Å². The van der Waals surface area contributed by atoms with E-state index < -0.39 is 46.7 Å². The lowest BCUT2D eigenvalue weighted by molar-refractivity contribution is -0.151. The number of cyclic esters (lactones) is 1. The number of carbonyl (C=O) groups excluding carboxylic acids is 2. The Morgan fingerprint density at radius 2 is 1.73 bits per heavy atom. The predicted molar refractivity (Wildman–Crippen MR) is 181 cm³/mol. The van der Waals surface area contributed by atoms with Crippen molar-refractivity contribution >= 4 is 33.8 Å². The van der Waals surface area contributed by atoms with Crippen LogP contribution >= 0.6 is 0 Å². The highest BCUT2D eigenvalue weighted by molar-refractivity contribution is 7.89. The number of amides is 1. The van der Waals surface area contributed by atoms with Crippen molar-refractivity contribution in [3.63, 3.8) is 0 Å². The average Bonchev–Trinajstić information content (AvgIpc) is 3.03. The molecule has 3 aliphatic heterocycles. The lowest BCUT2D eigenvalue weighted by Crippen LogP contribution is -2.49. The van der Waals surface area contributed by atoms with E-state index in [1.165, 1.54) is 16.4 Å². The summed E-state index contributed by atoms with van der Waals surface area (Å²) >= 11 is 0. The molecule has 0 spiro atoms. The number of halogens is 1. The van der Waals surface area contributed by atoms with Crippen LogP contribution in [-0.2, 0) is 24.3 Å². The summed E-state index contributed by atoms with van der Waals surface area (Å²) < 4.78 is 52.8. The highest BCUT2D eigenvalue weighted by Crippen LogP contribution is 2.28. The van der Waals surface area contributed by atoms with Gasteiger partial charge in [0.05, 0.1) is 24.9 Å². The Morgan fingerprint density at radius 1 is 1.04 bits per heavy atom. The molecule has 0 unspecified atom stereocenters. The van der Waals surface area contributed by atoms with E-state index in [1.54, 1.807) is 24.0 Å². The SMILES string of the molecule is C/C(=C\c1cc(F)cc(N2CCN(S(=O)(=O)CCO)CC2)c1)[C@H]1OC(=O)C[C@H](O)CC[C@H](C)[C@H](OC(=O)N2CCN(C)CC2)/C=C/[C@@H]1C. The van der Waals surface area contributed by atoms with E-state index >= 15 is 0 Å². The molecule has 268 valence electrons. The van der Waals surface area contributed by atoms with Crippen molar-refractivity contribution in [2.75, 3.05) is 76.7 Å². The normalized spacial score (nSPS) is 28.3. The maximum Gasteiger partial charge on any atom is 0.410 e. The maximum absolute atomic E-state index is 14.9. The molecule has 1 aromatic rings. The Morgan fingerprint density at radius 3 is 2.40 bits per heavy atom. The summed E-state index contributed by atoms with van der Waals surface area (Å²) in [6, 6.07) is 4.59. The number of sulfonamides is 1. The second kappa shape index (κ2) is 17.1. The van der Waals surface area contributed by atoms with Crippen LogP contribution in [0.2, 0.25) is 0 Å². The first-order valence-corrected chi connectivity index (χ1v) is 18.4. The first-order valence-electron chi connectivity index (χ1n) is 16.8. The molecule has 0 aromatic heterocycles. The number of likely N-dealkylation sites (N-methyl/N-ethyl adjacent to an activating group) is 1. The van der Waals surface area contributed by atoms with Gasteiger partial charge in [0.25, 0.3) is 0 Å². The molecular weight excluding hydrogens is 643 g/mol. The van der Waals surface area contributed by atoms with Crippen LogP contribution in [0.25, 0.3) is 6.08 Å². The monoisotopic (exact) mass is 694 g/mol. The number of carbonyl (C=O) groups is 2. The average molecular weight is 695 g/mol. The quantitative estimate of drug-likeness (QED) is 0.324. The minimum Gasteiger partial charge on any atom is -0.457 e. The summed E-state index contributed by atoms with van der Waals surface area (Å²) in [7, 11) is -1.54. The standard InChI is InChI=1S/C34H51FN4O8S/c1-24-5-7-30(41)23-32(42)47-33(25(2)6-8-31(24)46-34(43)38-11-9-36(4)10-12-38)26(3)19-27-20-28(35)22-29(21-27)37-13-15-39(16-14-37)48(44,45)18-17-40/h6,8,19-22,24-25,30-31,33,40-41H,5,7,9-18,23H2,1-4H3/b8-6+,26-19+/t24-,25-,30+,31+,33-/m0/s1. The molecule has 4 rings (SSSR count). The zero-order valence-electron chi connectivity index (χ0n) is 28.5. The van der Waals surface area contributed by atoms with Gasteiger partial charge in [-0.25, -0.2) is 17.6 Å². The summed E-state index contributed by atoms with van der Waals surface area (Å²) in [5.41, 5.74) is 1.80. The van der Waals surface area contributed by atoms with Gasteiger partial charge in [0.15, 0.2) is 0 Å². The van der Waals surface area contributed by atoms with E-state index in [9.17, 15) is 27.5 Å². The van der Waals surface area contributed by atoms with Crippen LogP contribution in [0, 0.1) is 17.7 Å². The molecule has 3 heterocycles. The fourth-order valence-corrected chi connectivity index (χ4v) is 7.51. The van der Waals surface area contributed by atoms with Gasteiger partial charge in [-0.05, 0) is 68.1 Å². The van der Waals surface area contributed by atoms with Gasteiger partial charge < -0.3 is 34.4 Å². The van der Waals surface area contributed by atoms with Gasteiger partial charge in [-0.15, -0.1) is 0 Å². The molecule has 2 fully saturated rings. The topological polar surface area (TPSA) is 140 Å². The zero-order valence-corrected chi connectivity index (χ0v) is 29.3. The van der Waals surface area contributed by atoms with E-state index in [-0.39, 0.29) is 43.2 Å². The van der Waals surface area contributed by atoms with Crippen molar-refractivity contribution in [1.82, 2.24) is 14.1 Å². The van der Waals surface area contributed by atoms with Gasteiger partial charge in [-0.1, -0.05) is 26.0 Å². The lowest BCUT2D eigenvalue weighted by Gasteiger charge is -2.35. The maximum atomic E-state index is 14.9. The second-order valence-corrected chi connectivity index (χ2v) is 15.4. The molecule has 14 heteroatoms. The van der Waals surface area contributed by atoms with Crippen molar-refractivity contribution < 1.29 is 42.1 Å². The molecule has 1 aromatic carbocycles. The van der Waals surface area contributed by atoms with Crippen LogP contribution in [0.1, 0.15) is 45.6 Å². The summed E-state index contributed by atoms with van der Waals surface area (Å²) in [5.74, 6) is -1.79. The van der Waals surface area contributed by atoms with Gasteiger partial charge in [0.2, 0.25) is 10.0 Å². The van der Waals surface area contributed by atoms with Gasteiger partial charge in [0, 0.05) is 64.0 Å². The summed E-state index contributed by atoms with van der Waals surface area (Å²) in [6.07, 6.45) is 3.62. The van der Waals surface area contributed by atoms with Gasteiger partial charge in [0.1, 0.15) is 18.0 Å². The van der Waals surface area contributed by atoms with Gasteiger partial charge in [-0.3, -0.25) is 4.79 Å². The number of hydrogen-bond donors (Lipinski definition) is 2. The fraction of sp³-hybridized carbons (Fsp3) is 0.647. The van der Waals surface area contributed by atoms with Crippen LogP contribution in [0.4, 0.5) is 14.9 Å². The number of nitrogens with zero attached hydrogens (tertiary/aromatic N) is 4. The molecule has 1 amide bonds. The number of esters is 1. The number of rotatable bonds is 7. The third kappa shape index (κ3) is 10.5. The number of benzene rings is 1. The highest BCUT2D eigenvalue weighted by atomic mass is 32.2. The molecule has 5 atom stereocenters. The summed E-state index contributed by atoms with van der Waals surface area (Å²) in [4.78, 5) is 31.8. The molecule has 0 saturated carbocycles. The van der Waals surface area contributed by atoms with Crippen molar-refractivity contribution in [1.29, 1.82) is 0 Å². The predicted octanol–water partition coefficient (Wildman–Crippen LogP) is 2.71. The van der Waals surface area contributed by atoms with Crippen LogP contribution in [-0.4, -0.2) is 135 Å². The Labute approximate surface area is 283 Å². The molecule has 48 heavy (non-hydrogen) atoms. The Balaban J connectivity index is 1.53. The highest BCUT2D eigenvalue weighted by Gasteiger charge is 2.30. The van der Waals surface area contributed by atoms with E-state index in [2.05, 4.69) is 4.90 Å². The minimum absolute atomic E-state index is 0.104. The second-order valence-electron chi connectivity index (χ2n) is 13.3. The third-order valence-electron chi connectivity index (χ3n) is 9.35. The van der Waals surface area contributed by atoms with E-state index in [0.29, 0.717) is 55.8 Å². The number of aliphatic hydroxyl groups is 2. The van der Waals surface area contributed by atoms with Crippen molar-refractivity contribution in [2.45, 2.75) is 58.3 Å². The number of anilines is 1. The summed E-state index contributed by atoms with van der Waals surface area (Å²) in [6.45, 7) is 9.08. The number of hydrogen-bond acceptors (Lipinski definition) is 10. The van der Waals surface area contributed by atoms with E-state index in [4.69, 9.17) is 14.6 Å². The molecule has 0 radical (unpaired) electrons. The Hall–Kier alpha value is -3.04. The number of ether oxygens (including phenoxy) is 2. The van der Waals surface area contributed by atoms with Crippen LogP contribution in [0.5, 0.6) is 0 Å². The summed E-state index contributed by atoms with van der Waals surface area (Å²) in [5, 5.41) is 19.7. The molecular formula is C34H51FN4O8S. The lowest BCUT2D eigenvalue weighted by atomic mass is 9.91. The zero-order chi connectivity index (χ0) is 35.0. The van der Waals surface area contributed by atoms with Crippen LogP contribution < -0.4 is 4.90 Å². The van der Waals surface area contributed by atoms with E-state index in [0.717, 1.165) is 13.1 Å².